The van der Waals surface area contributed by atoms with Crippen LogP contribution >= 0.6 is 11.8 Å². The molecule has 84 valence electrons. The van der Waals surface area contributed by atoms with Crippen molar-refractivity contribution in [1.82, 2.24) is 15.0 Å². The number of H-pyrrole nitrogens is 1. The van der Waals surface area contributed by atoms with Gasteiger partial charge < -0.3 is 10.3 Å². The summed E-state index contributed by atoms with van der Waals surface area (Å²) in [6.45, 7) is 2.95. The second kappa shape index (κ2) is 5.55. The molecule has 2 rings (SSSR count). The van der Waals surface area contributed by atoms with Crippen LogP contribution in [0.1, 0.15) is 12.6 Å². The maximum atomic E-state index is 4.49. The van der Waals surface area contributed by atoms with E-state index in [0.717, 1.165) is 29.0 Å². The van der Waals surface area contributed by atoms with Crippen molar-refractivity contribution in [3.05, 3.63) is 36.3 Å². The van der Waals surface area contributed by atoms with Crippen LogP contribution in [0.4, 0.5) is 5.82 Å². The van der Waals surface area contributed by atoms with E-state index in [1.807, 2.05) is 24.4 Å². The Balaban J connectivity index is 1.96. The average molecular weight is 234 g/mol. The Hall–Kier alpha value is -1.49. The van der Waals surface area contributed by atoms with E-state index in [-0.39, 0.29) is 0 Å². The number of nitrogens with one attached hydrogen (secondary N) is 2. The summed E-state index contributed by atoms with van der Waals surface area (Å²) in [6.07, 6.45) is 3.58. The van der Waals surface area contributed by atoms with Gasteiger partial charge in [0.15, 0.2) is 5.16 Å². The van der Waals surface area contributed by atoms with Crippen LogP contribution in [0.2, 0.25) is 0 Å². The van der Waals surface area contributed by atoms with Crippen LogP contribution in [0.25, 0.3) is 0 Å². The molecule has 0 spiro atoms. The lowest BCUT2D eigenvalue weighted by molar-refractivity contribution is 1.05. The second-order valence-corrected chi connectivity index (χ2v) is 4.19. The van der Waals surface area contributed by atoms with Crippen molar-refractivity contribution in [3.8, 4) is 0 Å². The fraction of sp³-hybridized carbons (Fsp3) is 0.273. The van der Waals surface area contributed by atoms with E-state index in [1.165, 1.54) is 0 Å². The molecule has 0 amide bonds. The first-order valence-electron chi connectivity index (χ1n) is 5.20. The number of pyridine rings is 1. The summed E-state index contributed by atoms with van der Waals surface area (Å²) in [6, 6.07) is 6.02. The molecule has 5 heteroatoms. The normalized spacial score (nSPS) is 10.3. The van der Waals surface area contributed by atoms with Gasteiger partial charge in [-0.2, -0.15) is 0 Å². The van der Waals surface area contributed by atoms with Gasteiger partial charge in [-0.1, -0.05) is 17.8 Å². The summed E-state index contributed by atoms with van der Waals surface area (Å²) in [7, 11) is 0. The third-order valence-electron chi connectivity index (χ3n) is 1.99. The molecular formula is C11H14N4S. The first-order valence-corrected chi connectivity index (χ1v) is 6.19. The number of nitrogens with zero attached hydrogens (tertiary/aromatic N) is 2. The topological polar surface area (TPSA) is 53.6 Å². The van der Waals surface area contributed by atoms with Crippen molar-refractivity contribution in [1.29, 1.82) is 0 Å². The molecule has 2 heterocycles. The van der Waals surface area contributed by atoms with Crippen LogP contribution < -0.4 is 5.32 Å². The van der Waals surface area contributed by atoms with Gasteiger partial charge in [-0.3, -0.25) is 0 Å². The van der Waals surface area contributed by atoms with Crippen molar-refractivity contribution in [2.45, 2.75) is 17.8 Å². The van der Waals surface area contributed by atoms with Crippen LogP contribution in [0.3, 0.4) is 0 Å². The molecule has 0 bridgehead atoms. The van der Waals surface area contributed by atoms with Gasteiger partial charge in [-0.25, -0.2) is 9.97 Å². The Bertz CT molecular complexity index is 427. The monoisotopic (exact) mass is 234 g/mol. The maximum absolute atomic E-state index is 4.49. The quantitative estimate of drug-likeness (QED) is 0.781. The van der Waals surface area contributed by atoms with Crippen LogP contribution in [-0.2, 0) is 5.75 Å². The summed E-state index contributed by atoms with van der Waals surface area (Å²) in [5.41, 5.74) is 1.06. The minimum absolute atomic E-state index is 0.826. The Morgan fingerprint density at radius 3 is 3.12 bits per heavy atom. The molecule has 2 aromatic heterocycles. The number of aromatic amines is 1. The summed E-state index contributed by atoms with van der Waals surface area (Å²) in [5, 5.41) is 4.12. The highest BCUT2D eigenvalue weighted by Gasteiger charge is 2.00. The summed E-state index contributed by atoms with van der Waals surface area (Å²) < 4.78 is 0. The molecule has 4 nitrogen and oxygen atoms in total. The fourth-order valence-electron chi connectivity index (χ4n) is 1.31. The van der Waals surface area contributed by atoms with Crippen LogP contribution in [0, 0.1) is 0 Å². The van der Waals surface area contributed by atoms with E-state index in [4.69, 9.17) is 0 Å². The fourth-order valence-corrected chi connectivity index (χ4v) is 2.04. The first kappa shape index (κ1) is 11.0. The molecule has 0 unspecified atom stereocenters. The van der Waals surface area contributed by atoms with Crippen LogP contribution in [0.5, 0.6) is 0 Å². The Morgan fingerprint density at radius 2 is 2.38 bits per heavy atom. The smallest absolute Gasteiger partial charge is 0.165 e. The maximum Gasteiger partial charge on any atom is 0.165 e. The zero-order chi connectivity index (χ0) is 11.2. The van der Waals surface area contributed by atoms with E-state index in [1.54, 1.807) is 18.0 Å². The third-order valence-corrected chi connectivity index (χ3v) is 2.93. The zero-order valence-electron chi connectivity index (χ0n) is 9.10. The summed E-state index contributed by atoms with van der Waals surface area (Å²) in [5.74, 6) is 1.76. The Morgan fingerprint density at radius 1 is 1.44 bits per heavy atom. The van der Waals surface area contributed by atoms with Crippen molar-refractivity contribution in [3.63, 3.8) is 0 Å². The van der Waals surface area contributed by atoms with Gasteiger partial charge >= 0.3 is 0 Å². The predicted octanol–water partition coefficient (Wildman–Crippen LogP) is 2.53. The average Bonchev–Trinajstić information content (AvgIpc) is 2.80. The highest BCUT2D eigenvalue weighted by Crippen LogP contribution is 2.18. The van der Waals surface area contributed by atoms with Crippen molar-refractivity contribution < 1.29 is 0 Å². The Kier molecular flexibility index (Phi) is 3.82. The van der Waals surface area contributed by atoms with E-state index in [9.17, 15) is 0 Å². The van der Waals surface area contributed by atoms with Crippen molar-refractivity contribution in [2.75, 3.05) is 11.9 Å². The molecule has 0 aliphatic rings. The molecule has 0 saturated heterocycles. The van der Waals surface area contributed by atoms with Gasteiger partial charge in [0.25, 0.3) is 0 Å². The molecule has 0 aromatic carbocycles. The molecule has 0 aliphatic heterocycles. The molecule has 2 aromatic rings. The van der Waals surface area contributed by atoms with E-state index < -0.39 is 0 Å². The molecule has 0 atom stereocenters. The third kappa shape index (κ3) is 3.00. The van der Waals surface area contributed by atoms with Gasteiger partial charge in [0, 0.05) is 24.7 Å². The van der Waals surface area contributed by atoms with Crippen LogP contribution in [-0.4, -0.2) is 21.5 Å². The lowest BCUT2D eigenvalue weighted by atomic mass is 10.4. The van der Waals surface area contributed by atoms with Gasteiger partial charge in [-0.05, 0) is 19.1 Å². The molecule has 0 saturated carbocycles. The van der Waals surface area contributed by atoms with Gasteiger partial charge in [0.1, 0.15) is 5.82 Å². The highest BCUT2D eigenvalue weighted by molar-refractivity contribution is 7.98. The first-order chi connectivity index (χ1) is 7.88. The molecule has 16 heavy (non-hydrogen) atoms. The largest absolute Gasteiger partial charge is 0.370 e. The van der Waals surface area contributed by atoms with E-state index >= 15 is 0 Å². The molecule has 0 aliphatic carbocycles. The van der Waals surface area contributed by atoms with Gasteiger partial charge in [-0.15, -0.1) is 0 Å². The van der Waals surface area contributed by atoms with Crippen LogP contribution in [0.15, 0.2) is 35.7 Å². The number of rotatable bonds is 5. The molecule has 0 fully saturated rings. The lowest BCUT2D eigenvalue weighted by Crippen LogP contribution is -2.00. The number of aromatic nitrogens is 3. The standard InChI is InChI=1S/C11H14N4S/c1-2-12-10-5-3-4-9(15-10)8-16-11-13-6-7-14-11/h3-7H,2,8H2,1H3,(H,12,15)(H,13,14). The van der Waals surface area contributed by atoms with Gasteiger partial charge in [0.05, 0.1) is 5.69 Å². The summed E-state index contributed by atoms with van der Waals surface area (Å²) in [4.78, 5) is 11.7. The molecule has 0 radical (unpaired) electrons. The summed E-state index contributed by atoms with van der Waals surface area (Å²) >= 11 is 1.65. The zero-order valence-corrected chi connectivity index (χ0v) is 9.92. The number of imidazole rings is 1. The van der Waals surface area contributed by atoms with E-state index in [0.29, 0.717) is 0 Å². The van der Waals surface area contributed by atoms with Gasteiger partial charge in [0.2, 0.25) is 0 Å². The number of anilines is 1. The minimum Gasteiger partial charge on any atom is -0.370 e. The SMILES string of the molecule is CCNc1cccc(CSc2ncc[nH]2)n1. The number of thioether (sulfide) groups is 1. The van der Waals surface area contributed by atoms with E-state index in [2.05, 4.69) is 27.2 Å². The molecule has 2 N–H and O–H groups in total. The predicted molar refractivity (Wildman–Crippen MR) is 66.5 cm³/mol. The number of hydrogen-bond acceptors (Lipinski definition) is 4. The van der Waals surface area contributed by atoms with Crippen molar-refractivity contribution >= 4 is 17.6 Å². The second-order valence-electron chi connectivity index (χ2n) is 3.23. The minimum atomic E-state index is 0.826. The number of hydrogen-bond donors (Lipinski definition) is 2. The van der Waals surface area contributed by atoms with Crippen molar-refractivity contribution in [2.24, 2.45) is 0 Å². The Labute approximate surface area is 98.9 Å². The highest BCUT2D eigenvalue weighted by atomic mass is 32.2. The molecular weight excluding hydrogens is 220 g/mol. The lowest BCUT2D eigenvalue weighted by Gasteiger charge is -2.04.